The number of rotatable bonds is 4. The van der Waals surface area contributed by atoms with Gasteiger partial charge in [0.25, 0.3) is 0 Å². The van der Waals surface area contributed by atoms with Crippen LogP contribution in [0.15, 0.2) is 54.7 Å². The third-order valence-corrected chi connectivity index (χ3v) is 3.64. The monoisotopic (exact) mass is 359 g/mol. The lowest BCUT2D eigenvalue weighted by molar-refractivity contribution is -0.137. The molecule has 0 heterocycles. The fourth-order valence-electron chi connectivity index (χ4n) is 1.71. The molecule has 0 saturated heterocycles. The summed E-state index contributed by atoms with van der Waals surface area (Å²) < 4.78 is 37.3. The average molecular weight is 360 g/mol. The molecule has 2 rings (SSSR count). The maximum absolute atomic E-state index is 12.4. The molecule has 2 aromatic carbocycles. The van der Waals surface area contributed by atoms with E-state index in [1.807, 2.05) is 0 Å². The zero-order chi connectivity index (χ0) is 17.0. The highest BCUT2D eigenvalue weighted by atomic mass is 35.5. The van der Waals surface area contributed by atoms with E-state index in [1.165, 1.54) is 42.6 Å². The minimum atomic E-state index is -4.38. The van der Waals surface area contributed by atoms with Crippen LogP contribution in [0.2, 0.25) is 10.0 Å². The summed E-state index contributed by atoms with van der Waals surface area (Å²) in [5.41, 5.74) is 0.0416. The Balaban J connectivity index is 2.01. The van der Waals surface area contributed by atoms with Gasteiger partial charge in [-0.2, -0.15) is 13.2 Å². The van der Waals surface area contributed by atoms with E-state index in [4.69, 9.17) is 23.2 Å². The molecular formula is C16H10Cl2F3NO. The number of hydrogen-bond acceptors (Lipinski definition) is 2. The zero-order valence-corrected chi connectivity index (χ0v) is 13.0. The molecular weight excluding hydrogens is 350 g/mol. The van der Waals surface area contributed by atoms with Gasteiger partial charge in [0.2, 0.25) is 0 Å². The summed E-state index contributed by atoms with van der Waals surface area (Å²) in [4.78, 5) is 11.9. The lowest BCUT2D eigenvalue weighted by Crippen LogP contribution is -2.04. The minimum Gasteiger partial charge on any atom is -0.362 e. The molecule has 7 heteroatoms. The van der Waals surface area contributed by atoms with Gasteiger partial charge in [-0.25, -0.2) is 0 Å². The second kappa shape index (κ2) is 7.06. The summed E-state index contributed by atoms with van der Waals surface area (Å²) in [6.07, 6.45) is -1.79. The van der Waals surface area contributed by atoms with Crippen molar-refractivity contribution in [3.8, 4) is 0 Å². The quantitative estimate of drug-likeness (QED) is 0.550. The Kier molecular flexibility index (Phi) is 5.34. The Labute approximate surface area is 140 Å². The Morgan fingerprint density at radius 3 is 2.22 bits per heavy atom. The number of halogens is 5. The van der Waals surface area contributed by atoms with Crippen LogP contribution in [-0.4, -0.2) is 5.78 Å². The van der Waals surface area contributed by atoms with E-state index in [0.717, 1.165) is 12.1 Å². The van der Waals surface area contributed by atoms with Crippen molar-refractivity contribution in [2.75, 3.05) is 5.32 Å². The Hall–Kier alpha value is -1.98. The highest BCUT2D eigenvalue weighted by molar-refractivity contribution is 6.42. The molecule has 0 aromatic heterocycles. The number of anilines is 1. The summed E-state index contributed by atoms with van der Waals surface area (Å²) >= 11 is 11.6. The molecule has 0 spiro atoms. The smallest absolute Gasteiger partial charge is 0.362 e. The maximum atomic E-state index is 12.4. The molecule has 0 aliphatic heterocycles. The van der Waals surface area contributed by atoms with E-state index in [9.17, 15) is 18.0 Å². The van der Waals surface area contributed by atoms with Gasteiger partial charge in [-0.05, 0) is 42.5 Å². The van der Waals surface area contributed by atoms with Gasteiger partial charge in [0.1, 0.15) is 0 Å². The summed E-state index contributed by atoms with van der Waals surface area (Å²) in [6.45, 7) is 0. The van der Waals surface area contributed by atoms with Gasteiger partial charge in [0, 0.05) is 23.5 Å². The Bertz CT molecular complexity index is 740. The second-order valence-electron chi connectivity index (χ2n) is 4.55. The SMILES string of the molecule is O=C(C=CNc1ccc(C(F)(F)F)cc1)c1ccc(Cl)c(Cl)c1. The van der Waals surface area contributed by atoms with Crippen molar-refractivity contribution < 1.29 is 18.0 Å². The minimum absolute atomic E-state index is 0.265. The van der Waals surface area contributed by atoms with Crippen molar-refractivity contribution in [1.82, 2.24) is 0 Å². The molecule has 0 aliphatic carbocycles. The Morgan fingerprint density at radius 1 is 1.00 bits per heavy atom. The third-order valence-electron chi connectivity index (χ3n) is 2.90. The van der Waals surface area contributed by atoms with E-state index in [-0.39, 0.29) is 10.8 Å². The topological polar surface area (TPSA) is 29.1 Å². The summed E-state index contributed by atoms with van der Waals surface area (Å²) in [6, 6.07) is 8.93. The number of carbonyl (C=O) groups excluding carboxylic acids is 1. The predicted octanol–water partition coefficient (Wildman–Crippen LogP) is 5.82. The van der Waals surface area contributed by atoms with Crippen LogP contribution in [0.4, 0.5) is 18.9 Å². The Morgan fingerprint density at radius 2 is 1.65 bits per heavy atom. The molecule has 1 N–H and O–H groups in total. The molecule has 0 unspecified atom stereocenters. The number of nitrogens with one attached hydrogen (secondary N) is 1. The molecule has 2 nitrogen and oxygen atoms in total. The van der Waals surface area contributed by atoms with Gasteiger partial charge in [-0.15, -0.1) is 0 Å². The number of allylic oxidation sites excluding steroid dienone is 1. The van der Waals surface area contributed by atoms with Crippen molar-refractivity contribution in [3.05, 3.63) is 75.9 Å². The molecule has 0 amide bonds. The van der Waals surface area contributed by atoms with Gasteiger partial charge in [0.05, 0.1) is 15.6 Å². The van der Waals surface area contributed by atoms with Crippen molar-refractivity contribution in [2.45, 2.75) is 6.18 Å². The van der Waals surface area contributed by atoms with E-state index >= 15 is 0 Å². The lowest BCUT2D eigenvalue weighted by atomic mass is 10.1. The van der Waals surface area contributed by atoms with Crippen molar-refractivity contribution in [3.63, 3.8) is 0 Å². The average Bonchev–Trinajstić information content (AvgIpc) is 2.49. The van der Waals surface area contributed by atoms with Gasteiger partial charge < -0.3 is 5.32 Å². The molecule has 0 atom stereocenters. The molecule has 0 saturated carbocycles. The van der Waals surface area contributed by atoms with Crippen LogP contribution in [0.25, 0.3) is 0 Å². The molecule has 120 valence electrons. The van der Waals surface area contributed by atoms with Crippen LogP contribution >= 0.6 is 23.2 Å². The zero-order valence-electron chi connectivity index (χ0n) is 11.5. The van der Waals surface area contributed by atoms with Gasteiger partial charge in [0.15, 0.2) is 5.78 Å². The number of benzene rings is 2. The summed E-state index contributed by atoms with van der Waals surface area (Å²) in [7, 11) is 0. The molecule has 0 radical (unpaired) electrons. The first-order chi connectivity index (χ1) is 10.8. The van der Waals surface area contributed by atoms with Crippen LogP contribution in [0.3, 0.4) is 0 Å². The molecule has 23 heavy (non-hydrogen) atoms. The van der Waals surface area contributed by atoms with Crippen LogP contribution in [0.1, 0.15) is 15.9 Å². The molecule has 0 fully saturated rings. The predicted molar refractivity (Wildman–Crippen MR) is 85.0 cm³/mol. The van der Waals surface area contributed by atoms with E-state index in [0.29, 0.717) is 16.3 Å². The number of ketones is 1. The highest BCUT2D eigenvalue weighted by Gasteiger charge is 2.29. The normalized spacial score (nSPS) is 11.7. The highest BCUT2D eigenvalue weighted by Crippen LogP contribution is 2.29. The number of carbonyl (C=O) groups is 1. The van der Waals surface area contributed by atoms with Gasteiger partial charge in [-0.1, -0.05) is 23.2 Å². The standard InChI is InChI=1S/C16H10Cl2F3NO/c17-13-6-1-10(9-14(13)18)15(23)7-8-22-12-4-2-11(3-5-12)16(19,20)21/h1-9,22H. The largest absolute Gasteiger partial charge is 0.416 e. The molecule has 0 bridgehead atoms. The summed E-state index contributed by atoms with van der Waals surface area (Å²) in [5, 5.41) is 3.33. The number of hydrogen-bond donors (Lipinski definition) is 1. The van der Waals surface area contributed by atoms with E-state index < -0.39 is 11.7 Å². The first kappa shape index (κ1) is 17.4. The molecule has 0 aliphatic rings. The second-order valence-corrected chi connectivity index (χ2v) is 5.36. The lowest BCUT2D eigenvalue weighted by Gasteiger charge is -2.07. The van der Waals surface area contributed by atoms with Crippen LogP contribution in [0.5, 0.6) is 0 Å². The van der Waals surface area contributed by atoms with Crippen LogP contribution in [0, 0.1) is 0 Å². The first-order valence-corrected chi connectivity index (χ1v) is 7.13. The fraction of sp³-hybridized carbons (Fsp3) is 0.0625. The fourth-order valence-corrected chi connectivity index (χ4v) is 2.01. The third kappa shape index (κ3) is 4.74. The van der Waals surface area contributed by atoms with Gasteiger partial charge in [-0.3, -0.25) is 4.79 Å². The van der Waals surface area contributed by atoms with Crippen molar-refractivity contribution in [1.29, 1.82) is 0 Å². The molecule has 2 aromatic rings. The van der Waals surface area contributed by atoms with Crippen molar-refractivity contribution >= 4 is 34.7 Å². The van der Waals surface area contributed by atoms with Crippen LogP contribution < -0.4 is 5.32 Å². The van der Waals surface area contributed by atoms with Crippen LogP contribution in [-0.2, 0) is 6.18 Å². The summed E-state index contributed by atoms with van der Waals surface area (Å²) in [5.74, 6) is -0.317. The van der Waals surface area contributed by atoms with E-state index in [2.05, 4.69) is 5.32 Å². The maximum Gasteiger partial charge on any atom is 0.416 e. The first-order valence-electron chi connectivity index (χ1n) is 6.37. The number of alkyl halides is 3. The van der Waals surface area contributed by atoms with Crippen molar-refractivity contribution in [2.24, 2.45) is 0 Å². The van der Waals surface area contributed by atoms with E-state index in [1.54, 1.807) is 0 Å². The van der Waals surface area contributed by atoms with Gasteiger partial charge >= 0.3 is 6.18 Å².